The molecule has 0 spiro atoms. The monoisotopic (exact) mass is 98.1 g/mol. The van der Waals surface area contributed by atoms with Crippen LogP contribution < -0.4 is 0 Å². The van der Waals surface area contributed by atoms with E-state index in [2.05, 4.69) is 0 Å². The van der Waals surface area contributed by atoms with E-state index in [1.165, 1.54) is 12.2 Å². The summed E-state index contributed by atoms with van der Waals surface area (Å²) in [5.74, 6) is 1.17. The lowest BCUT2D eigenvalue weighted by molar-refractivity contribution is 0.263. The molecule has 0 amide bonds. The Balaban J connectivity index is 2.41. The molecule has 7 heavy (non-hydrogen) atoms. The smallest absolute Gasteiger partial charge is 0.0918 e. The molecule has 1 heteroatoms. The van der Waals surface area contributed by atoms with Gasteiger partial charge in [0.15, 0.2) is 0 Å². The molecule has 0 bridgehead atoms. The van der Waals surface area contributed by atoms with Crippen molar-refractivity contribution in [3.63, 3.8) is 0 Å². The van der Waals surface area contributed by atoms with Crippen LogP contribution in [0, 0.1) is 0 Å². The molecule has 0 aromatic carbocycles. The Morgan fingerprint density at radius 2 is 2.57 bits per heavy atom. The third-order valence-corrected chi connectivity index (χ3v) is 1.18. The third-order valence-electron chi connectivity index (χ3n) is 1.18. The molecule has 0 atom stereocenters. The molecule has 0 saturated carbocycles. The summed E-state index contributed by atoms with van der Waals surface area (Å²) in [6, 6.07) is 0. The summed E-state index contributed by atoms with van der Waals surface area (Å²) in [7, 11) is 0. The number of rotatable bonds is 0. The molecule has 0 aliphatic carbocycles. The van der Waals surface area contributed by atoms with Gasteiger partial charge in [0.25, 0.3) is 0 Å². The zero-order valence-corrected chi connectivity index (χ0v) is 4.61. The van der Waals surface area contributed by atoms with Gasteiger partial charge in [-0.25, -0.2) is 0 Å². The van der Waals surface area contributed by atoms with Crippen LogP contribution >= 0.6 is 0 Å². The molecule has 1 nitrogen and oxygen atoms in total. The molecule has 0 N–H and O–H groups in total. The quantitative estimate of drug-likeness (QED) is 0.448. The van der Waals surface area contributed by atoms with Crippen molar-refractivity contribution < 1.29 is 4.74 Å². The van der Waals surface area contributed by atoms with Crippen LogP contribution in [-0.4, -0.2) is 6.61 Å². The molecule has 1 heterocycles. The Morgan fingerprint density at radius 3 is 2.86 bits per heavy atom. The first kappa shape index (κ1) is 4.69. The second-order valence-corrected chi connectivity index (χ2v) is 1.71. The Hall–Kier alpha value is -0.460. The summed E-state index contributed by atoms with van der Waals surface area (Å²) in [6.07, 6.45) is 4.39. The van der Waals surface area contributed by atoms with Gasteiger partial charge in [0.2, 0.25) is 0 Å². The van der Waals surface area contributed by atoms with Gasteiger partial charge in [-0.05, 0) is 19.4 Å². The van der Waals surface area contributed by atoms with E-state index in [4.69, 9.17) is 4.74 Å². The molecular weight excluding hydrogens is 88.1 g/mol. The Bertz CT molecular complexity index is 76.2. The van der Waals surface area contributed by atoms with E-state index in [0.29, 0.717) is 0 Å². The predicted octanol–water partition coefficient (Wildman–Crippen LogP) is 1.70. The standard InChI is InChI=1S/C6H10O/c1-2-6-4-3-5-7-6/h2H,3-5H2,1H3/b6-2-. The van der Waals surface area contributed by atoms with Crippen LogP contribution in [0.5, 0.6) is 0 Å². The largest absolute Gasteiger partial charge is 0.498 e. The Labute approximate surface area is 44.0 Å². The molecule has 0 radical (unpaired) electrons. The molecule has 0 aromatic heterocycles. The van der Waals surface area contributed by atoms with E-state index in [1.54, 1.807) is 0 Å². The summed E-state index contributed by atoms with van der Waals surface area (Å²) in [6.45, 7) is 2.94. The number of hydrogen-bond acceptors (Lipinski definition) is 1. The average Bonchev–Trinajstić information content (AvgIpc) is 2.14. The maximum Gasteiger partial charge on any atom is 0.0918 e. The van der Waals surface area contributed by atoms with Crippen LogP contribution in [0.1, 0.15) is 19.8 Å². The molecular formula is C6H10O. The van der Waals surface area contributed by atoms with Gasteiger partial charge in [-0.15, -0.1) is 0 Å². The first-order chi connectivity index (χ1) is 3.43. The highest BCUT2D eigenvalue weighted by Crippen LogP contribution is 2.14. The fraction of sp³-hybridized carbons (Fsp3) is 0.667. The average molecular weight is 98.1 g/mol. The minimum Gasteiger partial charge on any atom is -0.498 e. The molecule has 0 unspecified atom stereocenters. The summed E-state index contributed by atoms with van der Waals surface area (Å²) >= 11 is 0. The van der Waals surface area contributed by atoms with Crippen molar-refractivity contribution in [2.45, 2.75) is 19.8 Å². The van der Waals surface area contributed by atoms with Crippen molar-refractivity contribution in [1.29, 1.82) is 0 Å². The molecule has 1 saturated heterocycles. The molecule has 0 aromatic rings. The van der Waals surface area contributed by atoms with Crippen LogP contribution in [0.3, 0.4) is 0 Å². The normalized spacial score (nSPS) is 25.6. The Morgan fingerprint density at radius 1 is 1.71 bits per heavy atom. The third kappa shape index (κ3) is 0.952. The predicted molar refractivity (Wildman–Crippen MR) is 28.9 cm³/mol. The van der Waals surface area contributed by atoms with Crippen LogP contribution in [-0.2, 0) is 4.74 Å². The summed E-state index contributed by atoms with van der Waals surface area (Å²) in [5.41, 5.74) is 0. The van der Waals surface area contributed by atoms with Gasteiger partial charge in [-0.2, -0.15) is 0 Å². The van der Waals surface area contributed by atoms with Crippen LogP contribution in [0.4, 0.5) is 0 Å². The van der Waals surface area contributed by atoms with Gasteiger partial charge in [0.05, 0.1) is 12.4 Å². The zero-order chi connectivity index (χ0) is 5.11. The van der Waals surface area contributed by atoms with Crippen molar-refractivity contribution in [3.05, 3.63) is 11.8 Å². The highest BCUT2D eigenvalue weighted by atomic mass is 16.5. The maximum atomic E-state index is 5.16. The molecule has 1 aliphatic rings. The van der Waals surface area contributed by atoms with Gasteiger partial charge in [0, 0.05) is 6.42 Å². The Kier molecular flexibility index (Phi) is 1.35. The van der Waals surface area contributed by atoms with Crippen LogP contribution in [0.15, 0.2) is 11.8 Å². The second kappa shape index (κ2) is 2.01. The van der Waals surface area contributed by atoms with Crippen LogP contribution in [0.25, 0.3) is 0 Å². The molecule has 40 valence electrons. The first-order valence-electron chi connectivity index (χ1n) is 2.71. The number of allylic oxidation sites excluding steroid dienone is 2. The van der Waals surface area contributed by atoms with E-state index in [-0.39, 0.29) is 0 Å². The second-order valence-electron chi connectivity index (χ2n) is 1.71. The van der Waals surface area contributed by atoms with Gasteiger partial charge >= 0.3 is 0 Å². The maximum absolute atomic E-state index is 5.16. The topological polar surface area (TPSA) is 9.23 Å². The van der Waals surface area contributed by atoms with Gasteiger partial charge < -0.3 is 4.74 Å². The highest BCUT2D eigenvalue weighted by molar-refractivity contribution is 4.93. The fourth-order valence-corrected chi connectivity index (χ4v) is 0.750. The van der Waals surface area contributed by atoms with Crippen molar-refractivity contribution in [2.75, 3.05) is 6.61 Å². The van der Waals surface area contributed by atoms with Gasteiger partial charge in [-0.1, -0.05) is 0 Å². The van der Waals surface area contributed by atoms with E-state index in [0.717, 1.165) is 13.0 Å². The lowest BCUT2D eigenvalue weighted by Gasteiger charge is -1.91. The minimum absolute atomic E-state index is 0.930. The summed E-state index contributed by atoms with van der Waals surface area (Å²) in [4.78, 5) is 0. The van der Waals surface area contributed by atoms with E-state index < -0.39 is 0 Å². The van der Waals surface area contributed by atoms with Gasteiger partial charge in [0.1, 0.15) is 0 Å². The minimum atomic E-state index is 0.930. The van der Waals surface area contributed by atoms with Crippen molar-refractivity contribution in [1.82, 2.24) is 0 Å². The van der Waals surface area contributed by atoms with Crippen molar-refractivity contribution in [3.8, 4) is 0 Å². The van der Waals surface area contributed by atoms with Crippen LogP contribution in [0.2, 0.25) is 0 Å². The highest BCUT2D eigenvalue weighted by Gasteiger charge is 2.03. The SMILES string of the molecule is C/C=C1/CCCO1. The number of ether oxygens (including phenoxy) is 1. The lowest BCUT2D eigenvalue weighted by atomic mass is 10.3. The van der Waals surface area contributed by atoms with E-state index in [1.807, 2.05) is 13.0 Å². The van der Waals surface area contributed by atoms with E-state index in [9.17, 15) is 0 Å². The zero-order valence-electron chi connectivity index (χ0n) is 4.61. The molecule has 1 fully saturated rings. The number of hydrogen-bond donors (Lipinski definition) is 0. The molecule has 1 rings (SSSR count). The summed E-state index contributed by atoms with van der Waals surface area (Å²) < 4.78 is 5.16. The summed E-state index contributed by atoms with van der Waals surface area (Å²) in [5, 5.41) is 0. The van der Waals surface area contributed by atoms with E-state index >= 15 is 0 Å². The lowest BCUT2D eigenvalue weighted by Crippen LogP contribution is -1.74. The van der Waals surface area contributed by atoms with Crippen molar-refractivity contribution in [2.24, 2.45) is 0 Å². The van der Waals surface area contributed by atoms with Gasteiger partial charge in [-0.3, -0.25) is 0 Å². The fourth-order valence-electron chi connectivity index (χ4n) is 0.750. The molecule has 1 aliphatic heterocycles. The first-order valence-corrected chi connectivity index (χ1v) is 2.71. The van der Waals surface area contributed by atoms with Crippen molar-refractivity contribution >= 4 is 0 Å².